The number of ether oxygens (including phenoxy) is 1. The van der Waals surface area contributed by atoms with Crippen LogP contribution < -0.4 is 10.1 Å². The zero-order valence-corrected chi connectivity index (χ0v) is 16.3. The van der Waals surface area contributed by atoms with E-state index in [-0.39, 0.29) is 12.5 Å². The first-order valence-electron chi connectivity index (χ1n) is 8.95. The van der Waals surface area contributed by atoms with Crippen LogP contribution in [0, 0.1) is 0 Å². The molecule has 0 spiro atoms. The van der Waals surface area contributed by atoms with Crippen LogP contribution >= 0.6 is 15.9 Å². The first-order chi connectivity index (χ1) is 12.2. The summed E-state index contributed by atoms with van der Waals surface area (Å²) in [4.78, 5) is 11.9. The molecule has 134 valence electrons. The average molecular weight is 404 g/mol. The normalized spacial score (nSPS) is 10.5. The Balaban J connectivity index is 1.76. The van der Waals surface area contributed by atoms with Crippen molar-refractivity contribution < 1.29 is 9.53 Å². The quantitative estimate of drug-likeness (QED) is 0.525. The topological polar surface area (TPSA) is 38.3 Å². The lowest BCUT2D eigenvalue weighted by atomic mass is 10.1. The predicted octanol–water partition coefficient (Wildman–Crippen LogP) is 5.58. The number of unbranched alkanes of at least 4 members (excludes halogenated alkanes) is 4. The molecule has 0 saturated heterocycles. The third kappa shape index (κ3) is 6.91. The highest BCUT2D eigenvalue weighted by atomic mass is 79.9. The van der Waals surface area contributed by atoms with Crippen LogP contribution in [0.15, 0.2) is 53.0 Å². The Morgan fingerprint density at radius 1 is 1.00 bits per heavy atom. The molecule has 0 aliphatic carbocycles. The van der Waals surface area contributed by atoms with Gasteiger partial charge in [-0.05, 0) is 45.6 Å². The molecule has 2 aromatic rings. The summed E-state index contributed by atoms with van der Waals surface area (Å²) in [6, 6.07) is 16.1. The molecule has 0 bridgehead atoms. The second-order valence-corrected chi connectivity index (χ2v) is 6.92. The molecular formula is C21H26BrNO2. The van der Waals surface area contributed by atoms with Crippen LogP contribution in [0.5, 0.6) is 5.75 Å². The largest absolute Gasteiger partial charge is 0.483 e. The Morgan fingerprint density at radius 2 is 1.76 bits per heavy atom. The molecule has 0 fully saturated rings. The maximum atomic E-state index is 11.9. The minimum Gasteiger partial charge on any atom is -0.483 e. The van der Waals surface area contributed by atoms with Gasteiger partial charge >= 0.3 is 0 Å². The van der Waals surface area contributed by atoms with Gasteiger partial charge in [0.05, 0.1) is 4.47 Å². The summed E-state index contributed by atoms with van der Waals surface area (Å²) in [7, 11) is 0. The Morgan fingerprint density at radius 3 is 2.48 bits per heavy atom. The second kappa shape index (κ2) is 10.9. The fourth-order valence-electron chi connectivity index (χ4n) is 2.58. The van der Waals surface area contributed by atoms with Crippen LogP contribution in [-0.4, -0.2) is 19.1 Å². The molecule has 1 amide bonds. The van der Waals surface area contributed by atoms with Gasteiger partial charge < -0.3 is 10.1 Å². The van der Waals surface area contributed by atoms with E-state index in [1.54, 1.807) is 0 Å². The van der Waals surface area contributed by atoms with Crippen LogP contribution in [-0.2, 0) is 4.79 Å². The number of carbonyl (C=O) groups excluding carboxylic acids is 1. The van der Waals surface area contributed by atoms with Crippen LogP contribution in [0.25, 0.3) is 11.1 Å². The molecule has 0 aromatic heterocycles. The molecule has 0 atom stereocenters. The van der Waals surface area contributed by atoms with Crippen molar-refractivity contribution in [1.29, 1.82) is 0 Å². The number of hydrogen-bond donors (Lipinski definition) is 1. The van der Waals surface area contributed by atoms with Gasteiger partial charge in [-0.15, -0.1) is 0 Å². The third-order valence-corrected chi connectivity index (χ3v) is 4.62. The zero-order chi connectivity index (χ0) is 17.9. The summed E-state index contributed by atoms with van der Waals surface area (Å²) >= 11 is 3.53. The number of benzene rings is 2. The fraction of sp³-hybridized carbons (Fsp3) is 0.381. The lowest BCUT2D eigenvalue weighted by molar-refractivity contribution is -0.123. The second-order valence-electron chi connectivity index (χ2n) is 6.06. The summed E-state index contributed by atoms with van der Waals surface area (Å²) in [6.45, 7) is 2.96. The number of halogens is 1. The van der Waals surface area contributed by atoms with Crippen LogP contribution in [0.3, 0.4) is 0 Å². The average Bonchev–Trinajstić information content (AvgIpc) is 2.64. The highest BCUT2D eigenvalue weighted by Crippen LogP contribution is 2.30. The summed E-state index contributed by atoms with van der Waals surface area (Å²) in [5.74, 6) is 0.604. The van der Waals surface area contributed by atoms with E-state index in [1.807, 2.05) is 36.4 Å². The highest BCUT2D eigenvalue weighted by molar-refractivity contribution is 9.10. The van der Waals surface area contributed by atoms with E-state index in [1.165, 1.54) is 25.7 Å². The van der Waals surface area contributed by atoms with Crippen molar-refractivity contribution in [2.24, 2.45) is 0 Å². The highest BCUT2D eigenvalue weighted by Gasteiger charge is 2.07. The molecule has 4 heteroatoms. The molecule has 0 heterocycles. The Hall–Kier alpha value is -1.81. The van der Waals surface area contributed by atoms with E-state index in [2.05, 4.69) is 40.3 Å². The summed E-state index contributed by atoms with van der Waals surface area (Å²) in [6.07, 6.45) is 5.94. The SMILES string of the molecule is CCCCCCCNC(=O)COc1ccc(-c2ccccc2)cc1Br. The lowest BCUT2D eigenvalue weighted by Crippen LogP contribution is -2.29. The summed E-state index contributed by atoms with van der Waals surface area (Å²) < 4.78 is 6.47. The maximum absolute atomic E-state index is 11.9. The Bertz CT molecular complexity index is 658. The zero-order valence-electron chi connectivity index (χ0n) is 14.8. The molecule has 0 saturated carbocycles. The van der Waals surface area contributed by atoms with E-state index < -0.39 is 0 Å². The molecular weight excluding hydrogens is 378 g/mol. The van der Waals surface area contributed by atoms with Gasteiger partial charge in [-0.2, -0.15) is 0 Å². The number of amides is 1. The van der Waals surface area contributed by atoms with E-state index in [4.69, 9.17) is 4.74 Å². The van der Waals surface area contributed by atoms with E-state index in [0.717, 1.165) is 28.6 Å². The molecule has 25 heavy (non-hydrogen) atoms. The van der Waals surface area contributed by atoms with Crippen molar-refractivity contribution in [3.8, 4) is 16.9 Å². The first-order valence-corrected chi connectivity index (χ1v) is 9.74. The third-order valence-electron chi connectivity index (χ3n) is 4.00. The van der Waals surface area contributed by atoms with Gasteiger partial charge in [-0.25, -0.2) is 0 Å². The van der Waals surface area contributed by atoms with Crippen molar-refractivity contribution in [2.45, 2.75) is 39.0 Å². The van der Waals surface area contributed by atoms with Crippen molar-refractivity contribution in [3.05, 3.63) is 53.0 Å². The molecule has 0 aliphatic rings. The van der Waals surface area contributed by atoms with E-state index in [0.29, 0.717) is 5.75 Å². The molecule has 0 unspecified atom stereocenters. The standard InChI is InChI=1S/C21H26BrNO2/c1-2-3-4-5-9-14-23-21(24)16-25-20-13-12-18(15-19(20)22)17-10-7-6-8-11-17/h6-8,10-13,15H,2-5,9,14,16H2,1H3,(H,23,24). The molecule has 1 N–H and O–H groups in total. The molecule has 2 aromatic carbocycles. The molecule has 0 radical (unpaired) electrons. The summed E-state index contributed by atoms with van der Waals surface area (Å²) in [5.41, 5.74) is 2.26. The van der Waals surface area contributed by atoms with Crippen molar-refractivity contribution in [3.63, 3.8) is 0 Å². The van der Waals surface area contributed by atoms with Gasteiger partial charge in [-0.3, -0.25) is 4.79 Å². The molecule has 0 aliphatic heterocycles. The molecule has 3 nitrogen and oxygen atoms in total. The Kier molecular flexibility index (Phi) is 8.53. The Labute approximate surface area is 158 Å². The summed E-state index contributed by atoms with van der Waals surface area (Å²) in [5, 5.41) is 2.91. The fourth-order valence-corrected chi connectivity index (χ4v) is 3.07. The lowest BCUT2D eigenvalue weighted by Gasteiger charge is -2.10. The van der Waals surface area contributed by atoms with Gasteiger partial charge in [0.25, 0.3) is 5.91 Å². The van der Waals surface area contributed by atoms with Crippen LogP contribution in [0.4, 0.5) is 0 Å². The van der Waals surface area contributed by atoms with Crippen molar-refractivity contribution >= 4 is 21.8 Å². The van der Waals surface area contributed by atoms with Crippen molar-refractivity contribution in [2.75, 3.05) is 13.2 Å². The van der Waals surface area contributed by atoms with Gasteiger partial charge in [0, 0.05) is 6.54 Å². The minimum atomic E-state index is -0.0745. The molecule has 2 rings (SSSR count). The number of nitrogens with one attached hydrogen (secondary N) is 1. The van der Waals surface area contributed by atoms with Gasteiger partial charge in [0.1, 0.15) is 5.75 Å². The minimum absolute atomic E-state index is 0.0399. The first kappa shape index (κ1) is 19.5. The smallest absolute Gasteiger partial charge is 0.257 e. The van der Waals surface area contributed by atoms with E-state index in [9.17, 15) is 4.79 Å². The van der Waals surface area contributed by atoms with Crippen molar-refractivity contribution in [1.82, 2.24) is 5.32 Å². The maximum Gasteiger partial charge on any atom is 0.257 e. The number of carbonyl (C=O) groups is 1. The number of hydrogen-bond acceptors (Lipinski definition) is 2. The van der Waals surface area contributed by atoms with E-state index >= 15 is 0 Å². The van der Waals surface area contributed by atoms with Gasteiger partial charge in [-0.1, -0.05) is 69.0 Å². The van der Waals surface area contributed by atoms with Gasteiger partial charge in [0.15, 0.2) is 6.61 Å². The van der Waals surface area contributed by atoms with Crippen LogP contribution in [0.2, 0.25) is 0 Å². The van der Waals surface area contributed by atoms with Gasteiger partial charge in [0.2, 0.25) is 0 Å². The van der Waals surface area contributed by atoms with Crippen LogP contribution in [0.1, 0.15) is 39.0 Å². The number of rotatable bonds is 10. The monoisotopic (exact) mass is 403 g/mol. The predicted molar refractivity (Wildman–Crippen MR) is 107 cm³/mol.